The van der Waals surface area contributed by atoms with Crippen LogP contribution in [0.3, 0.4) is 0 Å². The highest BCUT2D eigenvalue weighted by molar-refractivity contribution is 5.06. The SMILES string of the molecule is CCCC1CN(Cc2ccn(C)n2)C2(CCCC2)CN1. The Morgan fingerprint density at radius 3 is 2.85 bits per heavy atom. The first-order valence-electron chi connectivity index (χ1n) is 8.19. The molecule has 2 fully saturated rings. The van der Waals surface area contributed by atoms with Crippen molar-refractivity contribution in [3.63, 3.8) is 0 Å². The summed E-state index contributed by atoms with van der Waals surface area (Å²) in [7, 11) is 2.01. The average molecular weight is 276 g/mol. The number of aromatic nitrogens is 2. The second-order valence-electron chi connectivity index (χ2n) is 6.66. The van der Waals surface area contributed by atoms with Gasteiger partial charge in [-0.2, -0.15) is 5.10 Å². The first-order chi connectivity index (χ1) is 9.72. The van der Waals surface area contributed by atoms with Crippen LogP contribution in [0.1, 0.15) is 51.1 Å². The Balaban J connectivity index is 1.74. The molecule has 4 nitrogen and oxygen atoms in total. The van der Waals surface area contributed by atoms with Crippen LogP contribution in [0.4, 0.5) is 0 Å². The maximum atomic E-state index is 4.58. The fourth-order valence-corrected chi connectivity index (χ4v) is 4.01. The molecule has 1 atom stereocenters. The summed E-state index contributed by atoms with van der Waals surface area (Å²) < 4.78 is 1.92. The van der Waals surface area contributed by atoms with Gasteiger partial charge in [-0.1, -0.05) is 26.2 Å². The lowest BCUT2D eigenvalue weighted by molar-refractivity contribution is 0.0326. The first-order valence-corrected chi connectivity index (χ1v) is 8.19. The van der Waals surface area contributed by atoms with Gasteiger partial charge in [0, 0.05) is 44.5 Å². The Kier molecular flexibility index (Phi) is 4.13. The van der Waals surface area contributed by atoms with E-state index in [1.54, 1.807) is 0 Å². The molecule has 20 heavy (non-hydrogen) atoms. The third-order valence-corrected chi connectivity index (χ3v) is 5.12. The molecule has 1 aromatic heterocycles. The molecule has 1 N–H and O–H groups in total. The largest absolute Gasteiger partial charge is 0.311 e. The normalized spacial score (nSPS) is 26.4. The molecule has 1 aromatic rings. The number of piperazine rings is 1. The molecule has 1 unspecified atom stereocenters. The van der Waals surface area contributed by atoms with Crippen molar-refractivity contribution in [2.45, 2.75) is 63.6 Å². The summed E-state index contributed by atoms with van der Waals surface area (Å²) in [6.07, 6.45) is 10.1. The first kappa shape index (κ1) is 14.1. The molecule has 1 spiro atoms. The van der Waals surface area contributed by atoms with Gasteiger partial charge in [-0.15, -0.1) is 0 Å². The summed E-state index contributed by atoms with van der Waals surface area (Å²) in [5.74, 6) is 0. The molecular weight excluding hydrogens is 248 g/mol. The van der Waals surface area contributed by atoms with Gasteiger partial charge < -0.3 is 5.32 Å². The average Bonchev–Trinajstić information content (AvgIpc) is 3.05. The molecular formula is C16H28N4. The third kappa shape index (κ3) is 2.77. The van der Waals surface area contributed by atoms with E-state index in [2.05, 4.69) is 34.5 Å². The summed E-state index contributed by atoms with van der Waals surface area (Å²) in [6.45, 7) is 5.66. The highest BCUT2D eigenvalue weighted by Crippen LogP contribution is 2.37. The predicted octanol–water partition coefficient (Wildman–Crippen LogP) is 2.31. The van der Waals surface area contributed by atoms with Gasteiger partial charge in [-0.3, -0.25) is 9.58 Å². The lowest BCUT2D eigenvalue weighted by atomic mass is 9.90. The molecule has 0 aromatic carbocycles. The summed E-state index contributed by atoms with van der Waals surface area (Å²) in [5.41, 5.74) is 1.62. The van der Waals surface area contributed by atoms with E-state index in [1.807, 2.05) is 11.7 Å². The van der Waals surface area contributed by atoms with E-state index in [0.29, 0.717) is 11.6 Å². The number of nitrogens with zero attached hydrogens (tertiary/aromatic N) is 3. The molecule has 0 amide bonds. The lowest BCUT2D eigenvalue weighted by Gasteiger charge is -2.48. The molecule has 1 aliphatic heterocycles. The summed E-state index contributed by atoms with van der Waals surface area (Å²) in [6, 6.07) is 2.83. The van der Waals surface area contributed by atoms with Gasteiger partial charge in [-0.05, 0) is 25.3 Å². The van der Waals surface area contributed by atoms with Gasteiger partial charge in [0.1, 0.15) is 0 Å². The minimum absolute atomic E-state index is 0.405. The molecule has 0 radical (unpaired) electrons. The van der Waals surface area contributed by atoms with E-state index >= 15 is 0 Å². The van der Waals surface area contributed by atoms with Crippen LogP contribution in [0.5, 0.6) is 0 Å². The van der Waals surface area contributed by atoms with Crippen molar-refractivity contribution in [3.8, 4) is 0 Å². The Morgan fingerprint density at radius 1 is 1.40 bits per heavy atom. The smallest absolute Gasteiger partial charge is 0.0764 e. The Labute approximate surface area is 122 Å². The van der Waals surface area contributed by atoms with Crippen LogP contribution >= 0.6 is 0 Å². The molecule has 1 saturated carbocycles. The minimum atomic E-state index is 0.405. The molecule has 4 heteroatoms. The van der Waals surface area contributed by atoms with Crippen molar-refractivity contribution < 1.29 is 0 Å². The Hall–Kier alpha value is -0.870. The fourth-order valence-electron chi connectivity index (χ4n) is 4.01. The monoisotopic (exact) mass is 276 g/mol. The van der Waals surface area contributed by atoms with Crippen LogP contribution in [0.2, 0.25) is 0 Å². The Bertz CT molecular complexity index is 433. The third-order valence-electron chi connectivity index (χ3n) is 5.12. The van der Waals surface area contributed by atoms with E-state index in [-0.39, 0.29) is 0 Å². The highest BCUT2D eigenvalue weighted by Gasteiger charge is 2.43. The van der Waals surface area contributed by atoms with Crippen LogP contribution in [0.15, 0.2) is 12.3 Å². The molecule has 1 aliphatic carbocycles. The van der Waals surface area contributed by atoms with Crippen LogP contribution in [0, 0.1) is 0 Å². The van der Waals surface area contributed by atoms with Gasteiger partial charge in [0.25, 0.3) is 0 Å². The van der Waals surface area contributed by atoms with Gasteiger partial charge in [0.15, 0.2) is 0 Å². The van der Waals surface area contributed by atoms with E-state index in [1.165, 1.54) is 57.3 Å². The van der Waals surface area contributed by atoms with E-state index in [4.69, 9.17) is 0 Å². The predicted molar refractivity (Wildman–Crippen MR) is 81.5 cm³/mol. The van der Waals surface area contributed by atoms with Gasteiger partial charge >= 0.3 is 0 Å². The van der Waals surface area contributed by atoms with Crippen molar-refractivity contribution in [2.75, 3.05) is 13.1 Å². The standard InChI is InChI=1S/C16H28N4/c1-3-6-14-11-20(12-15-7-10-19(2)18-15)16(13-17-14)8-4-5-9-16/h7,10,14,17H,3-6,8-9,11-13H2,1-2H3. The van der Waals surface area contributed by atoms with Gasteiger partial charge in [-0.25, -0.2) is 0 Å². The van der Waals surface area contributed by atoms with Gasteiger partial charge in [0.05, 0.1) is 5.69 Å². The maximum absolute atomic E-state index is 4.58. The molecule has 112 valence electrons. The second kappa shape index (κ2) is 5.86. The number of rotatable bonds is 4. The molecule has 2 aliphatic rings. The van der Waals surface area contributed by atoms with Crippen molar-refractivity contribution >= 4 is 0 Å². The zero-order chi connectivity index (χ0) is 14.0. The molecule has 3 rings (SSSR count). The molecule has 2 heterocycles. The second-order valence-corrected chi connectivity index (χ2v) is 6.66. The van der Waals surface area contributed by atoms with Crippen molar-refractivity contribution in [1.29, 1.82) is 0 Å². The van der Waals surface area contributed by atoms with E-state index in [9.17, 15) is 0 Å². The van der Waals surface area contributed by atoms with Crippen LogP contribution in [-0.4, -0.2) is 39.4 Å². The Morgan fingerprint density at radius 2 is 2.20 bits per heavy atom. The molecule has 1 saturated heterocycles. The molecule has 0 bridgehead atoms. The number of aryl methyl sites for hydroxylation is 1. The highest BCUT2D eigenvalue weighted by atomic mass is 15.3. The quantitative estimate of drug-likeness (QED) is 0.916. The summed E-state index contributed by atoms with van der Waals surface area (Å²) in [4.78, 5) is 2.74. The van der Waals surface area contributed by atoms with Crippen molar-refractivity contribution in [3.05, 3.63) is 18.0 Å². The number of nitrogens with one attached hydrogen (secondary N) is 1. The van der Waals surface area contributed by atoms with Crippen LogP contribution in [-0.2, 0) is 13.6 Å². The van der Waals surface area contributed by atoms with Crippen molar-refractivity contribution in [1.82, 2.24) is 20.0 Å². The zero-order valence-electron chi connectivity index (χ0n) is 12.9. The van der Waals surface area contributed by atoms with E-state index < -0.39 is 0 Å². The summed E-state index contributed by atoms with van der Waals surface area (Å²) in [5, 5.41) is 8.39. The van der Waals surface area contributed by atoms with Crippen LogP contribution in [0.25, 0.3) is 0 Å². The fraction of sp³-hybridized carbons (Fsp3) is 0.812. The zero-order valence-corrected chi connectivity index (χ0v) is 12.9. The number of hydrogen-bond donors (Lipinski definition) is 1. The number of hydrogen-bond acceptors (Lipinski definition) is 3. The van der Waals surface area contributed by atoms with Gasteiger partial charge in [0.2, 0.25) is 0 Å². The topological polar surface area (TPSA) is 33.1 Å². The maximum Gasteiger partial charge on any atom is 0.0764 e. The van der Waals surface area contributed by atoms with Crippen LogP contribution < -0.4 is 5.32 Å². The van der Waals surface area contributed by atoms with Crippen molar-refractivity contribution in [2.24, 2.45) is 7.05 Å². The van der Waals surface area contributed by atoms with E-state index in [0.717, 1.165) is 6.54 Å². The lowest BCUT2D eigenvalue weighted by Crippen LogP contribution is -2.63. The minimum Gasteiger partial charge on any atom is -0.311 e. The summed E-state index contributed by atoms with van der Waals surface area (Å²) >= 11 is 0.